The summed E-state index contributed by atoms with van der Waals surface area (Å²) >= 11 is 0. The molecule has 0 N–H and O–H groups in total. The van der Waals surface area contributed by atoms with Gasteiger partial charge in [0.05, 0.1) is 11.2 Å². The van der Waals surface area contributed by atoms with Crippen LogP contribution in [0.1, 0.15) is 82.6 Å². The Morgan fingerprint density at radius 3 is 2.85 bits per heavy atom. The van der Waals surface area contributed by atoms with Crippen LogP contribution in [0, 0.1) is 5.92 Å². The molecule has 2 aromatic rings. The van der Waals surface area contributed by atoms with Crippen molar-refractivity contribution in [2.24, 2.45) is 5.92 Å². The smallest absolute Gasteiger partial charge is 0.0966 e. The van der Waals surface area contributed by atoms with Crippen molar-refractivity contribution in [1.29, 1.82) is 0 Å². The topological polar surface area (TPSA) is 25.4 Å². The first-order valence-corrected chi connectivity index (χ1v) is 13.8. The Labute approximate surface area is 204 Å². The minimum atomic E-state index is -0.0530. The van der Waals surface area contributed by atoms with Crippen LogP contribution in [0.25, 0.3) is 10.8 Å². The third-order valence-electron chi connectivity index (χ3n) is 10.2. The summed E-state index contributed by atoms with van der Waals surface area (Å²) in [5, 5.41) is 2.56. The molecule has 178 valence electrons. The zero-order valence-corrected chi connectivity index (χ0v) is 20.6. The summed E-state index contributed by atoms with van der Waals surface area (Å²) in [6.45, 7) is 5.09. The van der Waals surface area contributed by atoms with Gasteiger partial charge in [0.2, 0.25) is 0 Å². The highest BCUT2D eigenvalue weighted by Gasteiger charge is 2.59. The first-order chi connectivity index (χ1) is 16.7. The molecule has 1 aromatic heterocycles. The Bertz CT molecular complexity index is 1160. The van der Waals surface area contributed by atoms with Gasteiger partial charge in [0, 0.05) is 23.8 Å². The fourth-order valence-corrected chi connectivity index (χ4v) is 7.93. The van der Waals surface area contributed by atoms with E-state index >= 15 is 0 Å². The summed E-state index contributed by atoms with van der Waals surface area (Å²) in [5.74, 6) is 1.17. The Kier molecular flexibility index (Phi) is 5.04. The minimum absolute atomic E-state index is 0.0307. The lowest BCUT2D eigenvalue weighted by Gasteiger charge is -2.51. The van der Waals surface area contributed by atoms with E-state index in [0.29, 0.717) is 11.8 Å². The zero-order chi connectivity index (χ0) is 22.8. The van der Waals surface area contributed by atoms with Gasteiger partial charge in [-0.1, -0.05) is 31.2 Å². The number of aromatic nitrogens is 1. The van der Waals surface area contributed by atoms with Gasteiger partial charge in [-0.2, -0.15) is 0 Å². The van der Waals surface area contributed by atoms with Crippen molar-refractivity contribution >= 4 is 10.8 Å². The second-order valence-electron chi connectivity index (χ2n) is 11.8. The van der Waals surface area contributed by atoms with Gasteiger partial charge in [0.1, 0.15) is 0 Å². The molecular formula is C31H38N2O. The van der Waals surface area contributed by atoms with E-state index in [1.165, 1.54) is 92.8 Å². The van der Waals surface area contributed by atoms with Crippen LogP contribution in [0.4, 0.5) is 0 Å². The molecule has 2 aliphatic carbocycles. The quantitative estimate of drug-likeness (QED) is 0.491. The summed E-state index contributed by atoms with van der Waals surface area (Å²) in [7, 11) is 0. The molecule has 4 heterocycles. The third kappa shape index (κ3) is 3.27. The van der Waals surface area contributed by atoms with Gasteiger partial charge in [-0.25, -0.2) is 0 Å². The van der Waals surface area contributed by atoms with Gasteiger partial charge >= 0.3 is 0 Å². The normalized spacial score (nSPS) is 39.5. The van der Waals surface area contributed by atoms with Crippen molar-refractivity contribution in [3.63, 3.8) is 0 Å². The van der Waals surface area contributed by atoms with E-state index in [2.05, 4.69) is 53.2 Å². The molecule has 3 heteroatoms. The minimum Gasteiger partial charge on any atom is -0.359 e. The van der Waals surface area contributed by atoms with Crippen LogP contribution in [-0.4, -0.2) is 40.2 Å². The fraction of sp³-hybridized carbons (Fsp3) is 0.581. The molecule has 34 heavy (non-hydrogen) atoms. The summed E-state index contributed by atoms with van der Waals surface area (Å²) in [5.41, 5.74) is 4.61. The molecule has 7 rings (SSSR count). The van der Waals surface area contributed by atoms with Crippen molar-refractivity contribution in [3.05, 3.63) is 65.5 Å². The van der Waals surface area contributed by atoms with E-state index in [-0.39, 0.29) is 11.2 Å². The average molecular weight is 455 g/mol. The van der Waals surface area contributed by atoms with Crippen LogP contribution in [0.5, 0.6) is 0 Å². The first kappa shape index (κ1) is 21.3. The molecule has 1 saturated carbocycles. The van der Waals surface area contributed by atoms with Crippen molar-refractivity contribution in [1.82, 2.24) is 9.88 Å². The molecule has 2 saturated heterocycles. The van der Waals surface area contributed by atoms with Crippen molar-refractivity contribution < 1.29 is 4.74 Å². The number of likely N-dealkylation sites (tertiary alicyclic amines) is 1. The molecule has 2 bridgehead atoms. The first-order valence-electron chi connectivity index (χ1n) is 13.8. The van der Waals surface area contributed by atoms with Gasteiger partial charge < -0.3 is 9.64 Å². The zero-order valence-electron chi connectivity index (χ0n) is 20.6. The third-order valence-corrected chi connectivity index (χ3v) is 10.2. The maximum absolute atomic E-state index is 7.36. The Balaban J connectivity index is 1.17. The molecule has 2 unspecified atom stereocenters. The predicted molar refractivity (Wildman–Crippen MR) is 138 cm³/mol. The number of rotatable bonds is 2. The monoisotopic (exact) mass is 454 g/mol. The van der Waals surface area contributed by atoms with Gasteiger partial charge in [-0.05, 0) is 123 Å². The molecule has 0 radical (unpaired) electrons. The van der Waals surface area contributed by atoms with Crippen molar-refractivity contribution in [2.75, 3.05) is 13.1 Å². The molecule has 0 amide bonds. The number of ether oxygens (including phenoxy) is 1. The van der Waals surface area contributed by atoms with Crippen molar-refractivity contribution in [3.8, 4) is 0 Å². The molecule has 1 aromatic carbocycles. The molecule has 5 atom stereocenters. The highest BCUT2D eigenvalue weighted by Crippen LogP contribution is 2.59. The number of benzene rings is 1. The van der Waals surface area contributed by atoms with Gasteiger partial charge in [0.15, 0.2) is 0 Å². The average Bonchev–Trinajstić information content (AvgIpc) is 3.17. The Morgan fingerprint density at radius 2 is 1.97 bits per heavy atom. The van der Waals surface area contributed by atoms with E-state index in [1.54, 1.807) is 5.57 Å². The highest BCUT2D eigenvalue weighted by atomic mass is 16.5. The van der Waals surface area contributed by atoms with E-state index < -0.39 is 0 Å². The van der Waals surface area contributed by atoms with Crippen LogP contribution in [0.3, 0.4) is 0 Å². The molecule has 3 nitrogen and oxygen atoms in total. The van der Waals surface area contributed by atoms with Gasteiger partial charge in [0.25, 0.3) is 0 Å². The second kappa shape index (κ2) is 8.03. The summed E-state index contributed by atoms with van der Waals surface area (Å²) in [4.78, 5) is 7.08. The Hall–Kier alpha value is -1.97. The SMILES string of the molecule is C[C@H]1CCC(c2ccc3ccncc3c2)CC/C=C2/C=C3CCC(N4CCC4)C[C@]34CC[C@@]21O4. The van der Waals surface area contributed by atoms with E-state index in [0.717, 1.165) is 12.5 Å². The van der Waals surface area contributed by atoms with Gasteiger partial charge in [-0.15, -0.1) is 0 Å². The van der Waals surface area contributed by atoms with Crippen LogP contribution < -0.4 is 0 Å². The maximum Gasteiger partial charge on any atom is 0.0966 e. The molecule has 2 spiro atoms. The standard InChI is InChI=1S/C31H38N2O/c1-22-6-7-23(25-9-8-24-12-15-32-21-26(24)18-25)4-2-5-28-19-27-10-11-29(33-16-3-17-33)20-30(27)13-14-31(22,28)34-30/h5,8-9,12,15,18-19,21-23,29H,2-4,6-7,10-11,13-14,16-17,20H2,1H3/b28-5-/t22-,23?,29?,30+,31-/m0/s1. The number of hydrogen-bond acceptors (Lipinski definition) is 3. The Morgan fingerprint density at radius 1 is 1.03 bits per heavy atom. The fourth-order valence-electron chi connectivity index (χ4n) is 7.93. The molecule has 3 fully saturated rings. The van der Waals surface area contributed by atoms with E-state index in [1.807, 2.05) is 12.4 Å². The number of allylic oxidation sites excluding steroid dienone is 1. The number of hydrogen-bond donors (Lipinski definition) is 0. The summed E-state index contributed by atoms with van der Waals surface area (Å²) in [6, 6.07) is 9.89. The molecule has 3 aliphatic heterocycles. The maximum atomic E-state index is 7.36. The lowest BCUT2D eigenvalue weighted by Crippen LogP contribution is -2.54. The molecular weight excluding hydrogens is 416 g/mol. The van der Waals surface area contributed by atoms with Crippen LogP contribution >= 0.6 is 0 Å². The van der Waals surface area contributed by atoms with Crippen LogP contribution in [0.2, 0.25) is 0 Å². The number of nitrogens with zero attached hydrogens (tertiary/aromatic N) is 2. The van der Waals surface area contributed by atoms with Gasteiger partial charge in [-0.3, -0.25) is 4.98 Å². The highest BCUT2D eigenvalue weighted by molar-refractivity contribution is 5.82. The lowest BCUT2D eigenvalue weighted by molar-refractivity contribution is -0.120. The van der Waals surface area contributed by atoms with Crippen LogP contribution in [0.15, 0.2) is 60.0 Å². The van der Waals surface area contributed by atoms with E-state index in [4.69, 9.17) is 4.74 Å². The predicted octanol–water partition coefficient (Wildman–Crippen LogP) is 6.94. The van der Waals surface area contributed by atoms with Crippen molar-refractivity contribution in [2.45, 2.75) is 94.3 Å². The number of pyridine rings is 1. The largest absolute Gasteiger partial charge is 0.359 e. The van der Waals surface area contributed by atoms with E-state index in [9.17, 15) is 0 Å². The summed E-state index contributed by atoms with van der Waals surface area (Å²) < 4.78 is 7.36. The summed E-state index contributed by atoms with van der Waals surface area (Å²) in [6.07, 6.45) is 21.6. The molecule has 5 aliphatic rings. The second-order valence-corrected chi connectivity index (χ2v) is 11.8. The lowest BCUT2D eigenvalue weighted by atomic mass is 9.73. The van der Waals surface area contributed by atoms with Crippen LogP contribution in [-0.2, 0) is 4.74 Å². The number of fused-ring (bicyclic) bond motifs is 1.